The molecule has 0 aliphatic carbocycles. The van der Waals surface area contributed by atoms with E-state index in [4.69, 9.17) is 5.73 Å². The highest BCUT2D eigenvalue weighted by atomic mass is 19.2. The molecule has 0 amide bonds. The van der Waals surface area contributed by atoms with E-state index < -0.39 is 17.5 Å². The van der Waals surface area contributed by atoms with E-state index in [-0.39, 0.29) is 17.2 Å². The first-order valence-corrected chi connectivity index (χ1v) is 4.31. The van der Waals surface area contributed by atoms with Crippen molar-refractivity contribution >= 4 is 5.82 Å². The Kier molecular flexibility index (Phi) is 2.47. The average molecular weight is 225 g/mol. The molecule has 1 aromatic carbocycles. The lowest BCUT2D eigenvalue weighted by atomic mass is 10.2. The van der Waals surface area contributed by atoms with Gasteiger partial charge in [-0.05, 0) is 18.2 Å². The van der Waals surface area contributed by atoms with Crippen molar-refractivity contribution in [1.29, 1.82) is 0 Å². The van der Waals surface area contributed by atoms with Crippen LogP contribution in [0.1, 0.15) is 0 Å². The fourth-order valence-corrected chi connectivity index (χ4v) is 1.20. The van der Waals surface area contributed by atoms with Gasteiger partial charge in [0.1, 0.15) is 5.82 Å². The summed E-state index contributed by atoms with van der Waals surface area (Å²) >= 11 is 0. The first-order chi connectivity index (χ1) is 7.58. The summed E-state index contributed by atoms with van der Waals surface area (Å²) in [5.41, 5.74) is 5.42. The zero-order valence-corrected chi connectivity index (χ0v) is 7.92. The van der Waals surface area contributed by atoms with Crippen LogP contribution in [0, 0.1) is 17.5 Å². The molecule has 16 heavy (non-hydrogen) atoms. The van der Waals surface area contributed by atoms with Gasteiger partial charge in [-0.25, -0.2) is 23.1 Å². The van der Waals surface area contributed by atoms with Gasteiger partial charge in [0.25, 0.3) is 0 Å². The van der Waals surface area contributed by atoms with Crippen LogP contribution in [0.25, 0.3) is 11.4 Å². The van der Waals surface area contributed by atoms with Gasteiger partial charge in [0.05, 0.1) is 0 Å². The lowest BCUT2D eigenvalue weighted by Gasteiger charge is -2.02. The molecule has 1 heterocycles. The Morgan fingerprint density at radius 1 is 1.06 bits per heavy atom. The molecule has 0 spiro atoms. The highest BCUT2D eigenvalue weighted by Crippen LogP contribution is 2.20. The molecule has 0 saturated heterocycles. The highest BCUT2D eigenvalue weighted by Gasteiger charge is 2.12. The first kappa shape index (κ1) is 10.4. The SMILES string of the molecule is Nc1ccnc(-c2cc(F)c(F)c(F)c2)n1. The number of rotatable bonds is 1. The summed E-state index contributed by atoms with van der Waals surface area (Å²) in [5.74, 6) is -3.90. The van der Waals surface area contributed by atoms with Crippen LogP contribution in [0.3, 0.4) is 0 Å². The molecule has 0 fully saturated rings. The molecule has 0 aliphatic rings. The third-order valence-electron chi connectivity index (χ3n) is 1.92. The van der Waals surface area contributed by atoms with Gasteiger partial charge in [0.2, 0.25) is 0 Å². The van der Waals surface area contributed by atoms with Gasteiger partial charge in [-0.15, -0.1) is 0 Å². The van der Waals surface area contributed by atoms with Crippen molar-refractivity contribution in [2.75, 3.05) is 5.73 Å². The smallest absolute Gasteiger partial charge is 0.194 e. The summed E-state index contributed by atoms with van der Waals surface area (Å²) in [6.07, 6.45) is 1.34. The van der Waals surface area contributed by atoms with Gasteiger partial charge in [-0.3, -0.25) is 0 Å². The molecule has 2 N–H and O–H groups in total. The zero-order chi connectivity index (χ0) is 11.7. The minimum atomic E-state index is -1.52. The lowest BCUT2D eigenvalue weighted by Crippen LogP contribution is -1.97. The number of anilines is 1. The number of nitrogen functional groups attached to an aromatic ring is 1. The summed E-state index contributed by atoms with van der Waals surface area (Å²) in [6.45, 7) is 0. The Bertz CT molecular complexity index is 520. The Balaban J connectivity index is 2.57. The second kappa shape index (κ2) is 3.80. The van der Waals surface area contributed by atoms with Crippen molar-refractivity contribution in [2.45, 2.75) is 0 Å². The van der Waals surface area contributed by atoms with E-state index in [1.165, 1.54) is 12.3 Å². The van der Waals surface area contributed by atoms with Gasteiger partial charge in [0.15, 0.2) is 23.3 Å². The minimum Gasteiger partial charge on any atom is -0.384 e. The number of aromatic nitrogens is 2. The monoisotopic (exact) mass is 225 g/mol. The number of hydrogen-bond donors (Lipinski definition) is 1. The summed E-state index contributed by atoms with van der Waals surface area (Å²) < 4.78 is 38.5. The lowest BCUT2D eigenvalue weighted by molar-refractivity contribution is 0.447. The number of nitrogens with zero attached hydrogens (tertiary/aromatic N) is 2. The van der Waals surface area contributed by atoms with Crippen molar-refractivity contribution in [3.63, 3.8) is 0 Å². The largest absolute Gasteiger partial charge is 0.384 e. The van der Waals surface area contributed by atoms with Crippen LogP contribution in [0.2, 0.25) is 0 Å². The molecule has 2 aromatic rings. The molecule has 0 radical (unpaired) electrons. The van der Waals surface area contributed by atoms with Crippen LogP contribution in [0.5, 0.6) is 0 Å². The second-order valence-corrected chi connectivity index (χ2v) is 3.06. The van der Waals surface area contributed by atoms with E-state index in [1.807, 2.05) is 0 Å². The third kappa shape index (κ3) is 1.81. The number of nitrogens with two attached hydrogens (primary N) is 1. The number of benzene rings is 1. The quantitative estimate of drug-likeness (QED) is 0.756. The molecular weight excluding hydrogens is 219 g/mol. The van der Waals surface area contributed by atoms with E-state index in [1.54, 1.807) is 0 Å². The molecule has 0 bridgehead atoms. The predicted octanol–water partition coefficient (Wildman–Crippen LogP) is 2.14. The fraction of sp³-hybridized carbons (Fsp3) is 0. The van der Waals surface area contributed by atoms with Crippen LogP contribution in [0.4, 0.5) is 19.0 Å². The molecule has 3 nitrogen and oxygen atoms in total. The van der Waals surface area contributed by atoms with Crippen LogP contribution in [-0.2, 0) is 0 Å². The summed E-state index contributed by atoms with van der Waals surface area (Å²) in [6, 6.07) is 3.06. The topological polar surface area (TPSA) is 51.8 Å². The van der Waals surface area contributed by atoms with Gasteiger partial charge in [-0.1, -0.05) is 0 Å². The first-order valence-electron chi connectivity index (χ1n) is 4.31. The molecule has 82 valence electrons. The van der Waals surface area contributed by atoms with E-state index in [2.05, 4.69) is 9.97 Å². The predicted molar refractivity (Wildman–Crippen MR) is 51.8 cm³/mol. The van der Waals surface area contributed by atoms with E-state index in [9.17, 15) is 13.2 Å². The average Bonchev–Trinajstić information content (AvgIpc) is 2.25. The Morgan fingerprint density at radius 2 is 1.69 bits per heavy atom. The van der Waals surface area contributed by atoms with E-state index in [0.29, 0.717) is 0 Å². The van der Waals surface area contributed by atoms with Crippen LogP contribution < -0.4 is 5.73 Å². The Hall–Kier alpha value is -2.11. The molecule has 0 unspecified atom stereocenters. The minimum absolute atomic E-state index is 0.0312. The number of hydrogen-bond acceptors (Lipinski definition) is 3. The van der Waals surface area contributed by atoms with Crippen molar-refractivity contribution in [3.8, 4) is 11.4 Å². The van der Waals surface area contributed by atoms with Crippen LogP contribution in [-0.4, -0.2) is 9.97 Å². The zero-order valence-electron chi connectivity index (χ0n) is 7.92. The van der Waals surface area contributed by atoms with E-state index >= 15 is 0 Å². The maximum Gasteiger partial charge on any atom is 0.194 e. The summed E-state index contributed by atoms with van der Waals surface area (Å²) in [5, 5.41) is 0. The summed E-state index contributed by atoms with van der Waals surface area (Å²) in [4.78, 5) is 7.54. The molecule has 6 heteroatoms. The fourth-order valence-electron chi connectivity index (χ4n) is 1.20. The van der Waals surface area contributed by atoms with Gasteiger partial charge in [-0.2, -0.15) is 0 Å². The Morgan fingerprint density at radius 3 is 2.25 bits per heavy atom. The summed E-state index contributed by atoms with van der Waals surface area (Å²) in [7, 11) is 0. The molecule has 0 atom stereocenters. The molecule has 1 aromatic heterocycles. The van der Waals surface area contributed by atoms with Gasteiger partial charge >= 0.3 is 0 Å². The second-order valence-electron chi connectivity index (χ2n) is 3.06. The standard InChI is InChI=1S/C10H6F3N3/c11-6-3-5(4-7(12)9(6)13)10-15-2-1-8(14)16-10/h1-4H,(H2,14,15,16). The van der Waals surface area contributed by atoms with Crippen molar-refractivity contribution in [3.05, 3.63) is 41.8 Å². The van der Waals surface area contributed by atoms with Crippen molar-refractivity contribution in [1.82, 2.24) is 9.97 Å². The van der Waals surface area contributed by atoms with Crippen molar-refractivity contribution in [2.24, 2.45) is 0 Å². The van der Waals surface area contributed by atoms with Crippen LogP contribution in [0.15, 0.2) is 24.4 Å². The normalized spacial score (nSPS) is 10.4. The van der Waals surface area contributed by atoms with Crippen LogP contribution >= 0.6 is 0 Å². The number of halogens is 3. The molecule has 2 rings (SSSR count). The Labute approximate surface area is 88.8 Å². The molecule has 0 saturated carbocycles. The highest BCUT2D eigenvalue weighted by molar-refractivity contribution is 5.56. The maximum absolute atomic E-state index is 12.9. The van der Waals surface area contributed by atoms with Gasteiger partial charge in [0, 0.05) is 11.8 Å². The molecular formula is C10H6F3N3. The van der Waals surface area contributed by atoms with Crippen molar-refractivity contribution < 1.29 is 13.2 Å². The maximum atomic E-state index is 12.9. The molecule has 0 aliphatic heterocycles. The van der Waals surface area contributed by atoms with E-state index in [0.717, 1.165) is 12.1 Å². The third-order valence-corrected chi connectivity index (χ3v) is 1.92. The van der Waals surface area contributed by atoms with Gasteiger partial charge < -0.3 is 5.73 Å².